The molecule has 0 spiro atoms. The number of halogens is 1. The fourth-order valence-electron chi connectivity index (χ4n) is 1.73. The van der Waals surface area contributed by atoms with E-state index in [1.54, 1.807) is 0 Å². The van der Waals surface area contributed by atoms with Gasteiger partial charge >= 0.3 is 5.97 Å². The van der Waals surface area contributed by atoms with Crippen molar-refractivity contribution in [3.63, 3.8) is 0 Å². The molecule has 19 heavy (non-hydrogen) atoms. The molecule has 1 rings (SSSR count). The SMILES string of the molecule is CCC(C)N(CC(=O)O)C(=O)Cc1ccc(Br)cc1. The van der Waals surface area contributed by atoms with Gasteiger partial charge in [0.15, 0.2) is 0 Å². The highest BCUT2D eigenvalue weighted by atomic mass is 79.9. The van der Waals surface area contributed by atoms with E-state index in [9.17, 15) is 9.59 Å². The highest BCUT2D eigenvalue weighted by Crippen LogP contribution is 2.13. The molecule has 0 bridgehead atoms. The average molecular weight is 328 g/mol. The van der Waals surface area contributed by atoms with E-state index in [1.807, 2.05) is 38.1 Å². The number of carboxylic acids is 1. The van der Waals surface area contributed by atoms with Gasteiger partial charge in [0.1, 0.15) is 6.54 Å². The number of benzene rings is 1. The van der Waals surface area contributed by atoms with Crippen LogP contribution in [0.4, 0.5) is 0 Å². The van der Waals surface area contributed by atoms with E-state index in [-0.39, 0.29) is 24.9 Å². The molecule has 104 valence electrons. The van der Waals surface area contributed by atoms with Gasteiger partial charge in [-0.05, 0) is 31.0 Å². The molecule has 0 radical (unpaired) electrons. The lowest BCUT2D eigenvalue weighted by Crippen LogP contribution is -2.42. The number of rotatable bonds is 6. The predicted molar refractivity (Wildman–Crippen MR) is 76.9 cm³/mol. The van der Waals surface area contributed by atoms with Crippen LogP contribution < -0.4 is 0 Å². The number of nitrogens with zero attached hydrogens (tertiary/aromatic N) is 1. The number of hydrogen-bond acceptors (Lipinski definition) is 2. The van der Waals surface area contributed by atoms with Crippen molar-refractivity contribution < 1.29 is 14.7 Å². The Kier molecular flexibility index (Phi) is 6.02. The average Bonchev–Trinajstić information content (AvgIpc) is 2.37. The Balaban J connectivity index is 2.76. The number of hydrogen-bond donors (Lipinski definition) is 1. The first-order valence-electron chi connectivity index (χ1n) is 6.19. The molecular weight excluding hydrogens is 310 g/mol. The van der Waals surface area contributed by atoms with Gasteiger partial charge in [-0.25, -0.2) is 0 Å². The highest BCUT2D eigenvalue weighted by molar-refractivity contribution is 9.10. The minimum absolute atomic E-state index is 0.0703. The fraction of sp³-hybridized carbons (Fsp3) is 0.429. The van der Waals surface area contributed by atoms with Crippen LogP contribution >= 0.6 is 15.9 Å². The Morgan fingerprint density at radius 3 is 2.37 bits per heavy atom. The minimum atomic E-state index is -0.982. The molecule has 0 saturated carbocycles. The lowest BCUT2D eigenvalue weighted by Gasteiger charge is -2.27. The van der Waals surface area contributed by atoms with Gasteiger partial charge in [-0.1, -0.05) is 35.0 Å². The molecule has 0 saturated heterocycles. The summed E-state index contributed by atoms with van der Waals surface area (Å²) in [6, 6.07) is 7.38. The van der Waals surface area contributed by atoms with Crippen LogP contribution in [0.15, 0.2) is 28.7 Å². The molecule has 1 unspecified atom stereocenters. The zero-order chi connectivity index (χ0) is 14.4. The minimum Gasteiger partial charge on any atom is -0.480 e. The summed E-state index contributed by atoms with van der Waals surface area (Å²) in [6.45, 7) is 3.55. The van der Waals surface area contributed by atoms with Crippen LogP contribution in [0.3, 0.4) is 0 Å². The van der Waals surface area contributed by atoms with Crippen molar-refractivity contribution in [1.82, 2.24) is 4.90 Å². The summed E-state index contributed by atoms with van der Waals surface area (Å²) in [4.78, 5) is 24.4. The zero-order valence-electron chi connectivity index (χ0n) is 11.1. The number of carbonyl (C=O) groups excluding carboxylic acids is 1. The molecule has 1 aromatic rings. The van der Waals surface area contributed by atoms with Crippen molar-refractivity contribution in [2.24, 2.45) is 0 Å². The van der Waals surface area contributed by atoms with E-state index < -0.39 is 5.97 Å². The van der Waals surface area contributed by atoms with E-state index in [4.69, 9.17) is 5.11 Å². The van der Waals surface area contributed by atoms with Crippen LogP contribution in [0.2, 0.25) is 0 Å². The molecule has 1 N–H and O–H groups in total. The molecule has 0 heterocycles. The van der Waals surface area contributed by atoms with Crippen molar-refractivity contribution >= 4 is 27.8 Å². The third-order valence-corrected chi connectivity index (χ3v) is 3.55. The molecule has 5 heteroatoms. The molecule has 0 fully saturated rings. The maximum absolute atomic E-state index is 12.2. The number of carbonyl (C=O) groups is 2. The largest absolute Gasteiger partial charge is 0.480 e. The number of amides is 1. The summed E-state index contributed by atoms with van der Waals surface area (Å²) >= 11 is 3.33. The number of carboxylic acid groups (broad SMARTS) is 1. The lowest BCUT2D eigenvalue weighted by molar-refractivity contribution is -0.145. The van der Waals surface area contributed by atoms with Gasteiger partial charge in [-0.2, -0.15) is 0 Å². The second-order valence-corrected chi connectivity index (χ2v) is 5.39. The van der Waals surface area contributed by atoms with Gasteiger partial charge < -0.3 is 10.0 Å². The Hall–Kier alpha value is -1.36. The summed E-state index contributed by atoms with van der Waals surface area (Å²) in [7, 11) is 0. The Labute approximate surface area is 121 Å². The van der Waals surface area contributed by atoms with Crippen molar-refractivity contribution in [3.05, 3.63) is 34.3 Å². The van der Waals surface area contributed by atoms with E-state index >= 15 is 0 Å². The summed E-state index contributed by atoms with van der Waals surface area (Å²) in [5.74, 6) is -1.14. The van der Waals surface area contributed by atoms with Crippen LogP contribution in [0.5, 0.6) is 0 Å². The third kappa shape index (κ3) is 5.03. The summed E-state index contributed by atoms with van der Waals surface area (Å²) in [5.41, 5.74) is 0.881. The van der Waals surface area contributed by atoms with Gasteiger partial charge in [-0.15, -0.1) is 0 Å². The molecule has 1 aromatic carbocycles. The van der Waals surface area contributed by atoms with E-state index in [0.29, 0.717) is 0 Å². The van der Waals surface area contributed by atoms with Gasteiger partial charge in [0.25, 0.3) is 0 Å². The van der Waals surface area contributed by atoms with Gasteiger partial charge in [-0.3, -0.25) is 9.59 Å². The van der Waals surface area contributed by atoms with E-state index in [0.717, 1.165) is 16.5 Å². The third-order valence-electron chi connectivity index (χ3n) is 3.02. The van der Waals surface area contributed by atoms with Crippen LogP contribution in [-0.4, -0.2) is 34.5 Å². The Morgan fingerprint density at radius 2 is 1.89 bits per heavy atom. The van der Waals surface area contributed by atoms with Crippen LogP contribution in [0.1, 0.15) is 25.8 Å². The van der Waals surface area contributed by atoms with Crippen LogP contribution in [0, 0.1) is 0 Å². The van der Waals surface area contributed by atoms with Gasteiger partial charge in [0.2, 0.25) is 5.91 Å². The quantitative estimate of drug-likeness (QED) is 0.873. The lowest BCUT2D eigenvalue weighted by atomic mass is 10.1. The first-order valence-corrected chi connectivity index (χ1v) is 6.99. The topological polar surface area (TPSA) is 57.6 Å². The first-order chi connectivity index (χ1) is 8.93. The van der Waals surface area contributed by atoms with Crippen molar-refractivity contribution in [3.8, 4) is 0 Å². The molecule has 0 aromatic heterocycles. The van der Waals surface area contributed by atoms with Crippen molar-refractivity contribution in [2.75, 3.05) is 6.54 Å². The van der Waals surface area contributed by atoms with Crippen molar-refractivity contribution in [2.45, 2.75) is 32.7 Å². The molecular formula is C14H18BrNO3. The maximum atomic E-state index is 12.2. The normalized spacial score (nSPS) is 11.9. The smallest absolute Gasteiger partial charge is 0.323 e. The van der Waals surface area contributed by atoms with E-state index in [2.05, 4.69) is 15.9 Å². The summed E-state index contributed by atoms with van der Waals surface area (Å²) < 4.78 is 0.952. The standard InChI is InChI=1S/C14H18BrNO3/c1-3-10(2)16(9-14(18)19)13(17)8-11-4-6-12(15)7-5-11/h4-7,10H,3,8-9H2,1-2H3,(H,18,19). The fourth-order valence-corrected chi connectivity index (χ4v) is 2.00. The van der Waals surface area contributed by atoms with Gasteiger partial charge in [0.05, 0.1) is 6.42 Å². The molecule has 0 aliphatic carbocycles. The molecule has 1 amide bonds. The molecule has 4 nitrogen and oxygen atoms in total. The monoisotopic (exact) mass is 327 g/mol. The molecule has 0 aliphatic rings. The zero-order valence-corrected chi connectivity index (χ0v) is 12.7. The van der Waals surface area contributed by atoms with Crippen molar-refractivity contribution in [1.29, 1.82) is 0 Å². The maximum Gasteiger partial charge on any atom is 0.323 e. The molecule has 0 aliphatic heterocycles. The van der Waals surface area contributed by atoms with Crippen LogP contribution in [0.25, 0.3) is 0 Å². The van der Waals surface area contributed by atoms with Gasteiger partial charge in [0, 0.05) is 10.5 Å². The number of aliphatic carboxylic acids is 1. The predicted octanol–water partition coefficient (Wildman–Crippen LogP) is 2.70. The Morgan fingerprint density at radius 1 is 1.32 bits per heavy atom. The van der Waals surface area contributed by atoms with E-state index in [1.165, 1.54) is 4.90 Å². The Bertz CT molecular complexity index is 445. The first kappa shape index (κ1) is 15.7. The highest BCUT2D eigenvalue weighted by Gasteiger charge is 2.21. The summed E-state index contributed by atoms with van der Waals surface area (Å²) in [5, 5.41) is 8.88. The summed E-state index contributed by atoms with van der Waals surface area (Å²) in [6.07, 6.45) is 0.963. The molecule has 1 atom stereocenters. The second-order valence-electron chi connectivity index (χ2n) is 4.48. The van der Waals surface area contributed by atoms with Crippen LogP contribution in [-0.2, 0) is 16.0 Å². The second kappa shape index (κ2) is 7.28.